The highest BCUT2D eigenvalue weighted by atomic mass is 16.4. The Morgan fingerprint density at radius 2 is 2.21 bits per heavy atom. The first-order valence-electron chi connectivity index (χ1n) is 4.30. The van der Waals surface area contributed by atoms with E-state index in [0.717, 1.165) is 11.1 Å². The van der Waals surface area contributed by atoms with Gasteiger partial charge in [0, 0.05) is 12.6 Å². The second-order valence-corrected chi connectivity index (χ2v) is 3.23. The van der Waals surface area contributed by atoms with Gasteiger partial charge in [0.1, 0.15) is 0 Å². The highest BCUT2D eigenvalue weighted by molar-refractivity contribution is 6.43. The number of benzene rings is 1. The summed E-state index contributed by atoms with van der Waals surface area (Å²) in [7, 11) is 1.76. The molecule has 1 aromatic carbocycles. The van der Waals surface area contributed by atoms with Gasteiger partial charge in [0.05, 0.1) is 6.54 Å². The van der Waals surface area contributed by atoms with Crippen LogP contribution in [0.3, 0.4) is 0 Å². The predicted molar refractivity (Wildman–Crippen MR) is 52.1 cm³/mol. The summed E-state index contributed by atoms with van der Waals surface area (Å²) in [5.74, 6) is -0.982. The minimum absolute atomic E-state index is 0.120. The monoisotopic (exact) mass is 190 g/mol. The zero-order valence-electron chi connectivity index (χ0n) is 7.77. The molecule has 0 saturated heterocycles. The molecule has 0 amide bonds. The molecule has 1 N–H and O–H groups in total. The lowest BCUT2D eigenvalue weighted by Crippen LogP contribution is -2.27. The highest BCUT2D eigenvalue weighted by Gasteiger charge is 2.21. The third-order valence-electron chi connectivity index (χ3n) is 2.14. The minimum atomic E-state index is -0.982. The predicted octanol–water partition coefficient (Wildman–Crippen LogP) is 0.921. The molecule has 0 aromatic heterocycles. The third-order valence-corrected chi connectivity index (χ3v) is 2.14. The average molecular weight is 190 g/mol. The molecule has 0 unspecified atom stereocenters. The number of carboxylic acid groups (broad SMARTS) is 1. The lowest BCUT2D eigenvalue weighted by Gasteiger charge is -2.22. The van der Waals surface area contributed by atoms with Crippen molar-refractivity contribution in [3.63, 3.8) is 0 Å². The van der Waals surface area contributed by atoms with Crippen molar-refractivity contribution in [1.29, 1.82) is 0 Å². The Morgan fingerprint density at radius 3 is 2.93 bits per heavy atom. The Morgan fingerprint density at radius 1 is 1.50 bits per heavy atom. The summed E-state index contributed by atoms with van der Waals surface area (Å²) in [6.45, 7) is 0.660. The fraction of sp³-hybridized carbons (Fsp3) is 0.200. The Labute approximate surface area is 81.5 Å². The van der Waals surface area contributed by atoms with Crippen molar-refractivity contribution < 1.29 is 9.90 Å². The molecular formula is C10H10N2O2. The third kappa shape index (κ3) is 1.35. The number of nitrogens with zero attached hydrogens (tertiary/aromatic N) is 2. The van der Waals surface area contributed by atoms with Gasteiger partial charge < -0.3 is 5.11 Å². The first-order chi connectivity index (χ1) is 6.68. The maximum Gasteiger partial charge on any atom is 0.356 e. The maximum atomic E-state index is 10.9. The molecule has 0 fully saturated rings. The maximum absolute atomic E-state index is 10.9. The molecule has 0 saturated carbocycles. The van der Waals surface area contributed by atoms with Crippen LogP contribution in [0.1, 0.15) is 11.1 Å². The van der Waals surface area contributed by atoms with Crippen LogP contribution < -0.4 is 0 Å². The number of aliphatic carboxylic acids is 1. The summed E-state index contributed by atoms with van der Waals surface area (Å²) >= 11 is 0. The molecular weight excluding hydrogens is 180 g/mol. The van der Waals surface area contributed by atoms with Crippen LogP contribution in [0.15, 0.2) is 29.4 Å². The van der Waals surface area contributed by atoms with E-state index in [-0.39, 0.29) is 5.71 Å². The molecule has 1 heterocycles. The first kappa shape index (κ1) is 8.74. The van der Waals surface area contributed by atoms with Gasteiger partial charge in [0.2, 0.25) is 0 Å². The van der Waals surface area contributed by atoms with Crippen LogP contribution >= 0.6 is 0 Å². The van der Waals surface area contributed by atoms with Crippen molar-refractivity contribution in [2.75, 3.05) is 7.05 Å². The average Bonchev–Trinajstić information content (AvgIpc) is 2.16. The molecule has 14 heavy (non-hydrogen) atoms. The molecule has 72 valence electrons. The summed E-state index contributed by atoms with van der Waals surface area (Å²) in [5.41, 5.74) is 1.84. The van der Waals surface area contributed by atoms with E-state index in [1.807, 2.05) is 18.2 Å². The number of rotatable bonds is 1. The second kappa shape index (κ2) is 3.14. The molecule has 1 aromatic rings. The van der Waals surface area contributed by atoms with Gasteiger partial charge in [0.15, 0.2) is 5.71 Å². The number of fused-ring (bicyclic) bond motifs is 1. The topological polar surface area (TPSA) is 52.9 Å². The van der Waals surface area contributed by atoms with Gasteiger partial charge in [0.25, 0.3) is 0 Å². The van der Waals surface area contributed by atoms with Gasteiger partial charge in [-0.1, -0.05) is 24.3 Å². The minimum Gasteiger partial charge on any atom is -0.476 e. The standard InChI is InChI=1S/C10H10N2O2/c1-12-6-7-4-2-3-5-8(7)9(11-12)10(13)14/h2-5H,6H2,1H3,(H,13,14). The number of carbonyl (C=O) groups is 1. The first-order valence-corrected chi connectivity index (χ1v) is 4.30. The molecule has 4 heteroatoms. The second-order valence-electron chi connectivity index (χ2n) is 3.23. The van der Waals surface area contributed by atoms with Gasteiger partial charge in [-0.05, 0) is 5.56 Å². The lowest BCUT2D eigenvalue weighted by atomic mass is 10.0. The largest absolute Gasteiger partial charge is 0.476 e. The zero-order chi connectivity index (χ0) is 10.1. The number of hydrazone groups is 1. The van der Waals surface area contributed by atoms with E-state index in [1.165, 1.54) is 0 Å². The van der Waals surface area contributed by atoms with Gasteiger partial charge in [-0.25, -0.2) is 4.79 Å². The molecule has 0 atom stereocenters. The quantitative estimate of drug-likeness (QED) is 0.716. The van der Waals surface area contributed by atoms with Crippen LogP contribution in [-0.4, -0.2) is 28.8 Å². The van der Waals surface area contributed by atoms with Crippen LogP contribution in [0.2, 0.25) is 0 Å². The number of hydrogen-bond acceptors (Lipinski definition) is 3. The van der Waals surface area contributed by atoms with Gasteiger partial charge in [-0.15, -0.1) is 0 Å². The molecule has 4 nitrogen and oxygen atoms in total. The van der Waals surface area contributed by atoms with Crippen LogP contribution in [0.4, 0.5) is 0 Å². The summed E-state index contributed by atoms with van der Waals surface area (Å²) < 4.78 is 0. The molecule has 0 spiro atoms. The van der Waals surface area contributed by atoms with Gasteiger partial charge in [-0.3, -0.25) is 5.01 Å². The van der Waals surface area contributed by atoms with Crippen molar-refractivity contribution in [1.82, 2.24) is 5.01 Å². The van der Waals surface area contributed by atoms with Crippen LogP contribution in [0.25, 0.3) is 0 Å². The summed E-state index contributed by atoms with van der Waals surface area (Å²) in [6.07, 6.45) is 0. The molecule has 0 bridgehead atoms. The van der Waals surface area contributed by atoms with E-state index < -0.39 is 5.97 Å². The van der Waals surface area contributed by atoms with Crippen molar-refractivity contribution in [3.05, 3.63) is 35.4 Å². The Balaban J connectivity index is 2.55. The normalized spacial score (nSPS) is 14.6. The number of hydrogen-bond donors (Lipinski definition) is 1. The molecule has 0 radical (unpaired) electrons. The summed E-state index contributed by atoms with van der Waals surface area (Å²) in [6, 6.07) is 7.43. The SMILES string of the molecule is CN1Cc2ccccc2C(C(=O)O)=N1. The fourth-order valence-corrected chi connectivity index (χ4v) is 1.55. The Bertz CT molecular complexity index is 412. The molecule has 1 aliphatic rings. The summed E-state index contributed by atoms with van der Waals surface area (Å²) in [5, 5.41) is 14.5. The van der Waals surface area contributed by atoms with Gasteiger partial charge >= 0.3 is 5.97 Å². The van der Waals surface area contributed by atoms with E-state index >= 15 is 0 Å². The van der Waals surface area contributed by atoms with Crippen molar-refractivity contribution >= 4 is 11.7 Å². The zero-order valence-corrected chi connectivity index (χ0v) is 7.77. The molecule has 2 rings (SSSR count). The lowest BCUT2D eigenvalue weighted by molar-refractivity contribution is -0.129. The van der Waals surface area contributed by atoms with Crippen molar-refractivity contribution in [2.45, 2.75) is 6.54 Å². The molecule has 0 aliphatic carbocycles. The Kier molecular flexibility index (Phi) is 1.96. The smallest absolute Gasteiger partial charge is 0.356 e. The Hall–Kier alpha value is -1.84. The van der Waals surface area contributed by atoms with Crippen molar-refractivity contribution in [3.8, 4) is 0 Å². The van der Waals surface area contributed by atoms with E-state index in [4.69, 9.17) is 5.11 Å². The number of carboxylic acids is 1. The van der Waals surface area contributed by atoms with Crippen molar-refractivity contribution in [2.24, 2.45) is 5.10 Å². The van der Waals surface area contributed by atoms with E-state index in [2.05, 4.69) is 5.10 Å². The van der Waals surface area contributed by atoms with Crippen LogP contribution in [0, 0.1) is 0 Å². The summed E-state index contributed by atoms with van der Waals surface area (Å²) in [4.78, 5) is 10.9. The molecule has 1 aliphatic heterocycles. The van der Waals surface area contributed by atoms with E-state index in [9.17, 15) is 4.79 Å². The van der Waals surface area contributed by atoms with Crippen LogP contribution in [-0.2, 0) is 11.3 Å². The van der Waals surface area contributed by atoms with E-state index in [1.54, 1.807) is 18.1 Å². The van der Waals surface area contributed by atoms with Crippen LogP contribution in [0.5, 0.6) is 0 Å². The highest BCUT2D eigenvalue weighted by Crippen LogP contribution is 2.17. The van der Waals surface area contributed by atoms with Gasteiger partial charge in [-0.2, -0.15) is 5.10 Å². The van der Waals surface area contributed by atoms with E-state index in [0.29, 0.717) is 6.54 Å². The fourth-order valence-electron chi connectivity index (χ4n) is 1.55.